The minimum atomic E-state index is -0.158. The van der Waals surface area contributed by atoms with E-state index in [-0.39, 0.29) is 16.9 Å². The second-order valence-corrected chi connectivity index (χ2v) is 6.87. The molecular weight excluding hydrogens is 214 g/mol. The number of aliphatic hydroxyl groups excluding tert-OH is 1. The Morgan fingerprint density at radius 1 is 1.18 bits per heavy atom. The van der Waals surface area contributed by atoms with Gasteiger partial charge in [-0.15, -0.1) is 0 Å². The summed E-state index contributed by atoms with van der Waals surface area (Å²) in [6, 6.07) is 0.368. The summed E-state index contributed by atoms with van der Waals surface area (Å²) >= 11 is 0. The largest absolute Gasteiger partial charge is 0.391 e. The maximum absolute atomic E-state index is 10.7. The number of fused-ring (bicyclic) bond motifs is 2. The second-order valence-electron chi connectivity index (χ2n) is 6.87. The summed E-state index contributed by atoms with van der Waals surface area (Å²) in [5.41, 5.74) is 0.385. The van der Waals surface area contributed by atoms with Gasteiger partial charge in [0, 0.05) is 24.5 Å². The van der Waals surface area contributed by atoms with Crippen molar-refractivity contribution in [3.63, 3.8) is 0 Å². The molecule has 98 valence electrons. The minimum Gasteiger partial charge on any atom is -0.391 e. The molecule has 0 spiro atoms. The average molecular weight is 239 g/mol. The molecule has 2 saturated carbocycles. The number of hydrogen-bond donors (Lipinski definition) is 1. The molecular formula is C14H25NO2. The third kappa shape index (κ3) is 1.39. The van der Waals surface area contributed by atoms with Crippen LogP contribution in [-0.4, -0.2) is 48.5 Å². The van der Waals surface area contributed by atoms with Gasteiger partial charge in [0.15, 0.2) is 0 Å². The van der Waals surface area contributed by atoms with Gasteiger partial charge in [-0.05, 0) is 24.2 Å². The van der Waals surface area contributed by atoms with E-state index in [4.69, 9.17) is 4.74 Å². The Bertz CT molecular complexity index is 311. The summed E-state index contributed by atoms with van der Waals surface area (Å²) in [4.78, 5) is 2.48. The van der Waals surface area contributed by atoms with Crippen molar-refractivity contribution in [2.75, 3.05) is 26.3 Å². The minimum absolute atomic E-state index is 0.112. The zero-order chi connectivity index (χ0) is 12.3. The van der Waals surface area contributed by atoms with Crippen LogP contribution in [0.3, 0.4) is 0 Å². The van der Waals surface area contributed by atoms with Gasteiger partial charge in [-0.2, -0.15) is 0 Å². The van der Waals surface area contributed by atoms with E-state index in [9.17, 15) is 5.11 Å². The highest BCUT2D eigenvalue weighted by molar-refractivity contribution is 5.17. The van der Waals surface area contributed by atoms with Gasteiger partial charge in [0.2, 0.25) is 0 Å². The molecule has 1 saturated heterocycles. The zero-order valence-corrected chi connectivity index (χ0v) is 11.3. The summed E-state index contributed by atoms with van der Waals surface area (Å²) in [5.74, 6) is 0.653. The van der Waals surface area contributed by atoms with Crippen LogP contribution in [0.1, 0.15) is 33.6 Å². The molecule has 3 nitrogen and oxygen atoms in total. The first-order valence-electron chi connectivity index (χ1n) is 6.98. The van der Waals surface area contributed by atoms with Crippen LogP contribution >= 0.6 is 0 Å². The molecule has 0 radical (unpaired) electrons. The van der Waals surface area contributed by atoms with Crippen LogP contribution < -0.4 is 0 Å². The summed E-state index contributed by atoms with van der Waals surface area (Å²) in [6.45, 7) is 10.6. The summed E-state index contributed by atoms with van der Waals surface area (Å²) in [6.07, 6.45) is 2.31. The topological polar surface area (TPSA) is 32.7 Å². The lowest BCUT2D eigenvalue weighted by atomic mass is 9.70. The molecule has 2 unspecified atom stereocenters. The molecule has 4 atom stereocenters. The Morgan fingerprint density at radius 2 is 1.82 bits per heavy atom. The third-order valence-electron chi connectivity index (χ3n) is 6.23. The van der Waals surface area contributed by atoms with E-state index < -0.39 is 0 Å². The summed E-state index contributed by atoms with van der Waals surface area (Å²) < 4.78 is 5.43. The molecule has 3 rings (SSSR count). The highest BCUT2D eigenvalue weighted by atomic mass is 16.5. The van der Waals surface area contributed by atoms with Crippen LogP contribution in [0.4, 0.5) is 0 Å². The lowest BCUT2D eigenvalue weighted by Crippen LogP contribution is -2.53. The van der Waals surface area contributed by atoms with Crippen LogP contribution in [-0.2, 0) is 4.74 Å². The van der Waals surface area contributed by atoms with Crippen molar-refractivity contribution in [1.82, 2.24) is 4.90 Å². The number of ether oxygens (including phenoxy) is 1. The summed E-state index contributed by atoms with van der Waals surface area (Å²) in [7, 11) is 0. The smallest absolute Gasteiger partial charge is 0.0756 e. The van der Waals surface area contributed by atoms with Crippen molar-refractivity contribution in [2.24, 2.45) is 16.7 Å². The molecule has 3 heteroatoms. The van der Waals surface area contributed by atoms with Gasteiger partial charge in [-0.25, -0.2) is 0 Å². The zero-order valence-electron chi connectivity index (χ0n) is 11.3. The Kier molecular flexibility index (Phi) is 2.59. The van der Waals surface area contributed by atoms with Crippen LogP contribution in [0.5, 0.6) is 0 Å². The Labute approximate surface area is 104 Å². The number of aliphatic hydroxyl groups is 1. The number of rotatable bonds is 1. The van der Waals surface area contributed by atoms with Crippen LogP contribution in [0.2, 0.25) is 0 Å². The van der Waals surface area contributed by atoms with Crippen LogP contribution in [0.25, 0.3) is 0 Å². The molecule has 3 fully saturated rings. The van der Waals surface area contributed by atoms with Gasteiger partial charge in [0.05, 0.1) is 19.3 Å². The first-order valence-corrected chi connectivity index (χ1v) is 6.98. The SMILES string of the molecule is CC1(C)C2CC[C@@]1(C)[C@H](O)C2N1CCOCC1. The van der Waals surface area contributed by atoms with E-state index >= 15 is 0 Å². The standard InChI is InChI=1S/C14H25NO2/c1-13(2)10-4-5-14(13,3)12(16)11(10)15-6-8-17-9-7-15/h10-12,16H,4-9H2,1-3H3/t10?,11?,12-,14+/m1/s1. The van der Waals surface area contributed by atoms with Gasteiger partial charge < -0.3 is 9.84 Å². The number of morpholine rings is 1. The quantitative estimate of drug-likeness (QED) is 0.753. The fraction of sp³-hybridized carbons (Fsp3) is 1.00. The predicted molar refractivity (Wildman–Crippen MR) is 66.8 cm³/mol. The van der Waals surface area contributed by atoms with Crippen LogP contribution in [0.15, 0.2) is 0 Å². The fourth-order valence-corrected chi connectivity index (χ4v) is 4.62. The van der Waals surface area contributed by atoms with E-state index in [0.717, 1.165) is 26.3 Å². The highest BCUT2D eigenvalue weighted by Gasteiger charge is 2.66. The van der Waals surface area contributed by atoms with Crippen molar-refractivity contribution >= 4 is 0 Å². The monoisotopic (exact) mass is 239 g/mol. The van der Waals surface area contributed by atoms with Gasteiger partial charge in [-0.3, -0.25) is 4.90 Å². The summed E-state index contributed by atoms with van der Waals surface area (Å²) in [5, 5.41) is 10.7. The lowest BCUT2D eigenvalue weighted by molar-refractivity contribution is -0.0596. The van der Waals surface area contributed by atoms with Gasteiger partial charge in [-0.1, -0.05) is 20.8 Å². The molecule has 2 bridgehead atoms. The average Bonchev–Trinajstić information content (AvgIpc) is 2.62. The number of hydrogen-bond acceptors (Lipinski definition) is 3. The molecule has 1 N–H and O–H groups in total. The van der Waals surface area contributed by atoms with E-state index in [2.05, 4.69) is 25.7 Å². The normalized spacial score (nSPS) is 49.8. The molecule has 17 heavy (non-hydrogen) atoms. The molecule has 0 aromatic heterocycles. The lowest BCUT2D eigenvalue weighted by Gasteiger charge is -2.41. The molecule has 0 aromatic carbocycles. The molecule has 3 aliphatic rings. The first kappa shape index (κ1) is 11.9. The molecule has 1 aliphatic heterocycles. The maximum atomic E-state index is 10.7. The fourth-order valence-electron chi connectivity index (χ4n) is 4.62. The molecule has 1 heterocycles. The van der Waals surface area contributed by atoms with E-state index in [1.807, 2.05) is 0 Å². The predicted octanol–water partition coefficient (Wildman–Crippen LogP) is 1.50. The van der Waals surface area contributed by atoms with Gasteiger partial charge in [0.25, 0.3) is 0 Å². The van der Waals surface area contributed by atoms with Crippen molar-refractivity contribution in [3.05, 3.63) is 0 Å². The number of nitrogens with zero attached hydrogens (tertiary/aromatic N) is 1. The first-order chi connectivity index (χ1) is 7.98. The molecule has 0 aromatic rings. The Hall–Kier alpha value is -0.120. The van der Waals surface area contributed by atoms with Gasteiger partial charge in [0.1, 0.15) is 0 Å². The van der Waals surface area contributed by atoms with Crippen molar-refractivity contribution in [1.29, 1.82) is 0 Å². The molecule has 2 aliphatic carbocycles. The van der Waals surface area contributed by atoms with Gasteiger partial charge >= 0.3 is 0 Å². The second kappa shape index (κ2) is 3.69. The van der Waals surface area contributed by atoms with E-state index in [1.54, 1.807) is 0 Å². The van der Waals surface area contributed by atoms with E-state index in [0.29, 0.717) is 12.0 Å². The van der Waals surface area contributed by atoms with Crippen LogP contribution in [0, 0.1) is 16.7 Å². The van der Waals surface area contributed by atoms with Crippen molar-refractivity contribution in [2.45, 2.75) is 45.8 Å². The highest BCUT2D eigenvalue weighted by Crippen LogP contribution is 2.66. The van der Waals surface area contributed by atoms with E-state index in [1.165, 1.54) is 12.8 Å². The molecule has 0 amide bonds. The Balaban J connectivity index is 1.88. The van der Waals surface area contributed by atoms with Crippen molar-refractivity contribution in [3.8, 4) is 0 Å². The van der Waals surface area contributed by atoms with Crippen molar-refractivity contribution < 1.29 is 9.84 Å². The third-order valence-corrected chi connectivity index (χ3v) is 6.23. The maximum Gasteiger partial charge on any atom is 0.0756 e. The Morgan fingerprint density at radius 3 is 2.35 bits per heavy atom.